The number of rotatable bonds is 4. The third-order valence-electron chi connectivity index (χ3n) is 4.07. The summed E-state index contributed by atoms with van der Waals surface area (Å²) in [5, 5.41) is 5.22. The summed E-state index contributed by atoms with van der Waals surface area (Å²) in [5.74, 6) is 2.35. The molecule has 4 rings (SSSR count). The zero-order chi connectivity index (χ0) is 17.4. The quantitative estimate of drug-likeness (QED) is 0.616. The highest BCUT2D eigenvalue weighted by atomic mass is 16.5. The average Bonchev–Trinajstić information content (AvgIpc) is 3.04. The number of nitrogens with zero attached hydrogens (tertiary/aromatic N) is 4. The van der Waals surface area contributed by atoms with Gasteiger partial charge < -0.3 is 15.2 Å². The third kappa shape index (κ3) is 2.59. The van der Waals surface area contributed by atoms with Crippen molar-refractivity contribution in [1.82, 2.24) is 19.6 Å². The zero-order valence-electron chi connectivity index (χ0n) is 13.9. The van der Waals surface area contributed by atoms with Crippen LogP contribution in [0.3, 0.4) is 0 Å². The fraction of sp³-hybridized carbons (Fsp3) is 0.167. The second-order valence-electron chi connectivity index (χ2n) is 5.62. The smallest absolute Gasteiger partial charge is 0.240 e. The van der Waals surface area contributed by atoms with Gasteiger partial charge in [-0.15, -0.1) is 5.10 Å². The Morgan fingerprint density at radius 1 is 1.00 bits per heavy atom. The van der Waals surface area contributed by atoms with Crippen molar-refractivity contribution in [1.29, 1.82) is 0 Å². The van der Waals surface area contributed by atoms with Crippen LogP contribution in [-0.4, -0.2) is 33.8 Å². The summed E-state index contributed by atoms with van der Waals surface area (Å²) in [5.41, 5.74) is 8.41. The van der Waals surface area contributed by atoms with Gasteiger partial charge in [-0.25, -0.2) is 4.98 Å². The van der Waals surface area contributed by atoms with Crippen LogP contribution in [0.25, 0.3) is 16.6 Å². The van der Waals surface area contributed by atoms with Gasteiger partial charge in [0.2, 0.25) is 5.95 Å². The first kappa shape index (κ1) is 15.2. The van der Waals surface area contributed by atoms with Gasteiger partial charge in [0.1, 0.15) is 5.82 Å². The van der Waals surface area contributed by atoms with Gasteiger partial charge in [0.15, 0.2) is 17.1 Å². The summed E-state index contributed by atoms with van der Waals surface area (Å²) in [6.45, 7) is 0. The van der Waals surface area contributed by atoms with Crippen molar-refractivity contribution in [3.8, 4) is 11.5 Å². The molecule has 0 saturated carbocycles. The molecule has 0 fully saturated rings. The molecule has 0 spiro atoms. The SMILES string of the molecule is COc1ccc(Cc2nc3ccccc3c3nc(N)nn23)cc1OC. The summed E-state index contributed by atoms with van der Waals surface area (Å²) < 4.78 is 12.4. The predicted molar refractivity (Wildman–Crippen MR) is 95.1 cm³/mol. The van der Waals surface area contributed by atoms with E-state index in [4.69, 9.17) is 20.2 Å². The topological polar surface area (TPSA) is 87.6 Å². The average molecular weight is 335 g/mol. The van der Waals surface area contributed by atoms with E-state index >= 15 is 0 Å². The molecule has 4 aromatic rings. The van der Waals surface area contributed by atoms with E-state index in [1.54, 1.807) is 18.7 Å². The molecular weight excluding hydrogens is 318 g/mol. The minimum Gasteiger partial charge on any atom is -0.493 e. The molecule has 0 unspecified atom stereocenters. The van der Waals surface area contributed by atoms with E-state index in [1.807, 2.05) is 42.5 Å². The van der Waals surface area contributed by atoms with Gasteiger partial charge >= 0.3 is 0 Å². The van der Waals surface area contributed by atoms with E-state index in [9.17, 15) is 0 Å². The molecule has 0 bridgehead atoms. The summed E-state index contributed by atoms with van der Waals surface area (Å²) in [7, 11) is 3.23. The molecule has 2 aromatic heterocycles. The normalized spacial score (nSPS) is 11.1. The minimum absolute atomic E-state index is 0.228. The summed E-state index contributed by atoms with van der Waals surface area (Å²) in [6, 6.07) is 13.6. The van der Waals surface area contributed by atoms with Crippen LogP contribution in [0.4, 0.5) is 5.95 Å². The number of ether oxygens (including phenoxy) is 2. The Labute approximate surface area is 144 Å². The van der Waals surface area contributed by atoms with Crippen molar-refractivity contribution in [2.24, 2.45) is 0 Å². The third-order valence-corrected chi connectivity index (χ3v) is 4.07. The van der Waals surface area contributed by atoms with Crippen LogP contribution in [0.2, 0.25) is 0 Å². The molecule has 7 nitrogen and oxygen atoms in total. The lowest BCUT2D eigenvalue weighted by Gasteiger charge is -2.10. The van der Waals surface area contributed by atoms with Gasteiger partial charge in [0, 0.05) is 11.8 Å². The first-order valence-corrected chi connectivity index (χ1v) is 7.80. The molecule has 25 heavy (non-hydrogen) atoms. The number of aromatic nitrogens is 4. The molecule has 0 aliphatic heterocycles. The number of methoxy groups -OCH3 is 2. The van der Waals surface area contributed by atoms with E-state index in [0.717, 1.165) is 22.3 Å². The van der Waals surface area contributed by atoms with Crippen LogP contribution >= 0.6 is 0 Å². The van der Waals surface area contributed by atoms with Crippen LogP contribution < -0.4 is 15.2 Å². The molecule has 0 aliphatic rings. The summed E-state index contributed by atoms with van der Waals surface area (Å²) >= 11 is 0. The molecular formula is C18H17N5O2. The van der Waals surface area contributed by atoms with E-state index in [1.165, 1.54) is 0 Å². The van der Waals surface area contributed by atoms with Gasteiger partial charge in [0.25, 0.3) is 0 Å². The molecule has 0 atom stereocenters. The van der Waals surface area contributed by atoms with Gasteiger partial charge in [-0.3, -0.25) is 0 Å². The minimum atomic E-state index is 0.228. The predicted octanol–water partition coefficient (Wildman–Crippen LogP) is 2.47. The Bertz CT molecular complexity index is 1070. The zero-order valence-corrected chi connectivity index (χ0v) is 13.9. The maximum absolute atomic E-state index is 5.82. The molecule has 2 N–H and O–H groups in total. The second-order valence-corrected chi connectivity index (χ2v) is 5.62. The summed E-state index contributed by atoms with van der Waals surface area (Å²) in [6.07, 6.45) is 0.560. The molecule has 126 valence electrons. The van der Waals surface area contributed by atoms with Gasteiger partial charge in [-0.2, -0.15) is 9.50 Å². The van der Waals surface area contributed by atoms with E-state index in [2.05, 4.69) is 10.1 Å². The Morgan fingerprint density at radius 2 is 1.80 bits per heavy atom. The number of nitrogens with two attached hydrogens (primary N) is 1. The second kappa shape index (κ2) is 5.94. The number of hydrogen-bond acceptors (Lipinski definition) is 6. The highest BCUT2D eigenvalue weighted by Gasteiger charge is 2.13. The van der Waals surface area contributed by atoms with Crippen LogP contribution in [0, 0.1) is 0 Å². The van der Waals surface area contributed by atoms with Crippen molar-refractivity contribution in [2.75, 3.05) is 20.0 Å². The van der Waals surface area contributed by atoms with E-state index in [0.29, 0.717) is 23.6 Å². The number of para-hydroxylation sites is 1. The number of benzene rings is 2. The van der Waals surface area contributed by atoms with Gasteiger partial charge in [0.05, 0.1) is 19.7 Å². The van der Waals surface area contributed by atoms with Gasteiger partial charge in [-0.1, -0.05) is 18.2 Å². The Hall–Kier alpha value is -3.35. The standard InChI is InChI=1S/C18H17N5O2/c1-24-14-8-7-11(9-15(14)25-2)10-16-20-13-6-4-3-5-12(13)17-21-18(19)22-23(16)17/h3-9H,10H2,1-2H3,(H2,19,22). The van der Waals surface area contributed by atoms with Crippen LogP contribution in [-0.2, 0) is 6.42 Å². The van der Waals surface area contributed by atoms with Crippen LogP contribution in [0.5, 0.6) is 11.5 Å². The lowest BCUT2D eigenvalue weighted by molar-refractivity contribution is 0.354. The number of anilines is 1. The fourth-order valence-electron chi connectivity index (χ4n) is 2.92. The van der Waals surface area contributed by atoms with Crippen molar-refractivity contribution >= 4 is 22.5 Å². The lowest BCUT2D eigenvalue weighted by atomic mass is 10.1. The molecule has 0 amide bonds. The number of fused-ring (bicyclic) bond motifs is 3. The fourth-order valence-corrected chi connectivity index (χ4v) is 2.92. The molecule has 0 saturated heterocycles. The number of hydrogen-bond donors (Lipinski definition) is 1. The van der Waals surface area contributed by atoms with Crippen LogP contribution in [0.15, 0.2) is 42.5 Å². The summed E-state index contributed by atoms with van der Waals surface area (Å²) in [4.78, 5) is 9.09. The molecule has 2 aromatic carbocycles. The van der Waals surface area contributed by atoms with Crippen molar-refractivity contribution in [3.05, 3.63) is 53.9 Å². The molecule has 7 heteroatoms. The maximum Gasteiger partial charge on any atom is 0.240 e. The highest BCUT2D eigenvalue weighted by molar-refractivity contribution is 5.91. The Balaban J connectivity index is 1.86. The van der Waals surface area contributed by atoms with Crippen molar-refractivity contribution in [2.45, 2.75) is 6.42 Å². The monoisotopic (exact) mass is 335 g/mol. The van der Waals surface area contributed by atoms with Crippen LogP contribution in [0.1, 0.15) is 11.4 Å². The first-order valence-electron chi connectivity index (χ1n) is 7.80. The Morgan fingerprint density at radius 3 is 2.60 bits per heavy atom. The van der Waals surface area contributed by atoms with E-state index in [-0.39, 0.29) is 5.95 Å². The van der Waals surface area contributed by atoms with E-state index < -0.39 is 0 Å². The molecule has 2 heterocycles. The molecule has 0 radical (unpaired) electrons. The first-order chi connectivity index (χ1) is 12.2. The van der Waals surface area contributed by atoms with Crippen molar-refractivity contribution in [3.63, 3.8) is 0 Å². The van der Waals surface area contributed by atoms with Gasteiger partial charge in [-0.05, 0) is 29.8 Å². The Kier molecular flexibility index (Phi) is 3.61. The largest absolute Gasteiger partial charge is 0.493 e. The van der Waals surface area contributed by atoms with Crippen molar-refractivity contribution < 1.29 is 9.47 Å². The molecule has 0 aliphatic carbocycles. The highest BCUT2D eigenvalue weighted by Crippen LogP contribution is 2.29. The maximum atomic E-state index is 5.82. The lowest BCUT2D eigenvalue weighted by Crippen LogP contribution is -2.05. The number of nitrogen functional groups attached to an aromatic ring is 1.